The van der Waals surface area contributed by atoms with Crippen molar-refractivity contribution in [3.8, 4) is 0 Å². The van der Waals surface area contributed by atoms with Gasteiger partial charge in [0.2, 0.25) is 0 Å². The van der Waals surface area contributed by atoms with Crippen LogP contribution >= 0.6 is 31.9 Å². The molecule has 1 aromatic carbocycles. The largest absolute Gasteiger partial charge is 0.457 e. The van der Waals surface area contributed by atoms with Crippen LogP contribution in [0.15, 0.2) is 45.7 Å². The van der Waals surface area contributed by atoms with Crippen LogP contribution in [0.3, 0.4) is 0 Å². The number of halogens is 2. The highest BCUT2D eigenvalue weighted by Crippen LogP contribution is 2.35. The lowest BCUT2D eigenvalue weighted by molar-refractivity contribution is 0.537. The second kappa shape index (κ2) is 5.19. The van der Waals surface area contributed by atoms with Crippen molar-refractivity contribution in [2.24, 2.45) is 0 Å². The number of aryl methyl sites for hydroxylation is 1. The zero-order valence-electron chi connectivity index (χ0n) is 8.91. The molecule has 2 rings (SSSR count). The molecule has 0 aliphatic carbocycles. The van der Waals surface area contributed by atoms with E-state index in [2.05, 4.69) is 63.0 Å². The fourth-order valence-electron chi connectivity index (χ4n) is 1.59. The Labute approximate surface area is 112 Å². The van der Waals surface area contributed by atoms with Gasteiger partial charge in [-0.25, -0.2) is 0 Å². The third-order valence-corrected chi connectivity index (χ3v) is 4.27. The van der Waals surface area contributed by atoms with Crippen molar-refractivity contribution in [3.63, 3.8) is 0 Å². The van der Waals surface area contributed by atoms with Gasteiger partial charge in [0.1, 0.15) is 0 Å². The first-order valence-corrected chi connectivity index (χ1v) is 6.89. The van der Waals surface area contributed by atoms with E-state index in [9.17, 15) is 0 Å². The van der Waals surface area contributed by atoms with Crippen LogP contribution in [0, 0.1) is 0 Å². The summed E-state index contributed by atoms with van der Waals surface area (Å²) in [6.07, 6.45) is 2.76. The number of hydrogen-bond donors (Lipinski definition) is 0. The maximum atomic E-state index is 5.24. The van der Waals surface area contributed by atoms with Gasteiger partial charge in [0.15, 0.2) is 4.67 Å². The third kappa shape index (κ3) is 2.41. The normalized spacial score (nSPS) is 12.7. The van der Waals surface area contributed by atoms with Gasteiger partial charge in [-0.3, -0.25) is 0 Å². The first-order chi connectivity index (χ1) is 7.72. The molecule has 1 aromatic heterocycles. The molecule has 1 unspecified atom stereocenters. The molecule has 0 aliphatic heterocycles. The van der Waals surface area contributed by atoms with Crippen LogP contribution < -0.4 is 0 Å². The van der Waals surface area contributed by atoms with Gasteiger partial charge in [-0.05, 0) is 39.5 Å². The molecular weight excluding hydrogens is 332 g/mol. The first kappa shape index (κ1) is 11.9. The Bertz CT molecular complexity index is 459. The van der Waals surface area contributed by atoms with Crippen molar-refractivity contribution in [2.45, 2.75) is 18.2 Å². The van der Waals surface area contributed by atoms with Gasteiger partial charge >= 0.3 is 0 Å². The van der Waals surface area contributed by atoms with E-state index >= 15 is 0 Å². The minimum Gasteiger partial charge on any atom is -0.457 e. The average molecular weight is 344 g/mol. The SMILES string of the molecule is CCc1ccc(C(Br)c2ccoc2Br)cc1. The number of rotatable bonds is 3. The molecular formula is C13H12Br2O. The molecule has 2 aromatic rings. The highest BCUT2D eigenvalue weighted by molar-refractivity contribution is 9.10. The molecule has 0 fully saturated rings. The number of alkyl halides is 1. The van der Waals surface area contributed by atoms with Gasteiger partial charge in [0, 0.05) is 5.56 Å². The van der Waals surface area contributed by atoms with E-state index in [-0.39, 0.29) is 4.83 Å². The Kier molecular flexibility index (Phi) is 3.87. The molecule has 1 nitrogen and oxygen atoms in total. The van der Waals surface area contributed by atoms with E-state index in [1.165, 1.54) is 11.1 Å². The Hall–Kier alpha value is -0.540. The fourth-order valence-corrected chi connectivity index (χ4v) is 3.03. The lowest BCUT2D eigenvalue weighted by Crippen LogP contribution is -1.92. The number of hydrogen-bond acceptors (Lipinski definition) is 1. The standard InChI is InChI=1S/C13H12Br2O/c1-2-9-3-5-10(6-4-9)12(14)11-7-8-16-13(11)15/h3-8,12H,2H2,1H3. The quantitative estimate of drug-likeness (QED) is 0.707. The minimum absolute atomic E-state index is 0.173. The highest BCUT2D eigenvalue weighted by Gasteiger charge is 2.15. The van der Waals surface area contributed by atoms with Gasteiger partial charge in [-0.2, -0.15) is 0 Å². The molecule has 0 spiro atoms. The summed E-state index contributed by atoms with van der Waals surface area (Å²) >= 11 is 7.08. The van der Waals surface area contributed by atoms with Crippen LogP contribution in [0.4, 0.5) is 0 Å². The lowest BCUT2D eigenvalue weighted by atomic mass is 10.0. The van der Waals surface area contributed by atoms with Gasteiger partial charge in [-0.1, -0.05) is 47.1 Å². The van der Waals surface area contributed by atoms with Crippen LogP contribution in [-0.2, 0) is 6.42 Å². The van der Waals surface area contributed by atoms with E-state index < -0.39 is 0 Å². The van der Waals surface area contributed by atoms with Crippen molar-refractivity contribution in [3.05, 3.63) is 58.0 Å². The smallest absolute Gasteiger partial charge is 0.173 e. The van der Waals surface area contributed by atoms with Crippen LogP contribution in [0.2, 0.25) is 0 Å². The molecule has 16 heavy (non-hydrogen) atoms. The zero-order valence-corrected chi connectivity index (χ0v) is 12.1. The Morgan fingerprint density at radius 1 is 1.19 bits per heavy atom. The third-order valence-electron chi connectivity index (χ3n) is 2.60. The van der Waals surface area contributed by atoms with Gasteiger partial charge in [0.25, 0.3) is 0 Å². The molecule has 1 atom stereocenters. The Balaban J connectivity index is 2.27. The zero-order chi connectivity index (χ0) is 11.5. The van der Waals surface area contributed by atoms with Crippen LogP contribution in [0.5, 0.6) is 0 Å². The minimum atomic E-state index is 0.173. The van der Waals surface area contributed by atoms with Crippen LogP contribution in [-0.4, -0.2) is 0 Å². The second-order valence-electron chi connectivity index (χ2n) is 3.61. The van der Waals surface area contributed by atoms with Crippen molar-refractivity contribution >= 4 is 31.9 Å². The molecule has 84 valence electrons. The van der Waals surface area contributed by atoms with E-state index in [4.69, 9.17) is 4.42 Å². The lowest BCUT2D eigenvalue weighted by Gasteiger charge is -2.09. The summed E-state index contributed by atoms with van der Waals surface area (Å²) < 4.78 is 6.02. The molecule has 3 heteroatoms. The van der Waals surface area contributed by atoms with Gasteiger partial charge in [-0.15, -0.1) is 0 Å². The predicted octanol–water partition coefficient (Wildman–Crippen LogP) is 5.09. The molecule has 0 amide bonds. The molecule has 0 bridgehead atoms. The summed E-state index contributed by atoms with van der Waals surface area (Å²) in [5, 5.41) is 0. The van der Waals surface area contributed by atoms with E-state index in [1.807, 2.05) is 6.07 Å². The van der Waals surface area contributed by atoms with Crippen molar-refractivity contribution in [1.82, 2.24) is 0 Å². The van der Waals surface area contributed by atoms with E-state index in [1.54, 1.807) is 6.26 Å². The fraction of sp³-hybridized carbons (Fsp3) is 0.231. The highest BCUT2D eigenvalue weighted by atomic mass is 79.9. The summed E-state index contributed by atoms with van der Waals surface area (Å²) in [4.78, 5) is 0.173. The summed E-state index contributed by atoms with van der Waals surface area (Å²) in [5.74, 6) is 0. The van der Waals surface area contributed by atoms with Crippen molar-refractivity contribution < 1.29 is 4.42 Å². The van der Waals surface area contributed by atoms with Crippen molar-refractivity contribution in [1.29, 1.82) is 0 Å². The van der Waals surface area contributed by atoms with Crippen molar-refractivity contribution in [2.75, 3.05) is 0 Å². The summed E-state index contributed by atoms with van der Waals surface area (Å²) in [6, 6.07) is 10.6. The topological polar surface area (TPSA) is 13.1 Å². The van der Waals surface area contributed by atoms with E-state index in [0.29, 0.717) is 0 Å². The first-order valence-electron chi connectivity index (χ1n) is 5.18. The van der Waals surface area contributed by atoms with E-state index in [0.717, 1.165) is 16.7 Å². The maximum Gasteiger partial charge on any atom is 0.173 e. The van der Waals surface area contributed by atoms with Crippen LogP contribution in [0.1, 0.15) is 28.4 Å². The summed E-state index contributed by atoms with van der Waals surface area (Å²) in [5.41, 5.74) is 3.71. The Morgan fingerprint density at radius 2 is 1.88 bits per heavy atom. The van der Waals surface area contributed by atoms with Crippen LogP contribution in [0.25, 0.3) is 0 Å². The molecule has 1 heterocycles. The Morgan fingerprint density at radius 3 is 2.38 bits per heavy atom. The summed E-state index contributed by atoms with van der Waals surface area (Å²) in [6.45, 7) is 2.16. The average Bonchev–Trinajstić information content (AvgIpc) is 2.75. The molecule has 0 saturated carbocycles. The molecule has 0 saturated heterocycles. The summed E-state index contributed by atoms with van der Waals surface area (Å²) in [7, 11) is 0. The van der Waals surface area contributed by atoms with Gasteiger partial charge < -0.3 is 4.42 Å². The van der Waals surface area contributed by atoms with Gasteiger partial charge in [0.05, 0.1) is 11.1 Å². The molecule has 0 radical (unpaired) electrons. The maximum absolute atomic E-state index is 5.24. The monoisotopic (exact) mass is 342 g/mol. The predicted molar refractivity (Wildman–Crippen MR) is 73.0 cm³/mol. The number of benzene rings is 1. The molecule has 0 N–H and O–H groups in total. The molecule has 0 aliphatic rings. The number of furan rings is 1. The second-order valence-corrected chi connectivity index (χ2v) is 5.24.